The number of allylic oxidation sites excluding steroid dienone is 1. The molecule has 0 unspecified atom stereocenters. The van der Waals surface area contributed by atoms with Crippen LogP contribution in [0.15, 0.2) is 30.6 Å². The zero-order valence-corrected chi connectivity index (χ0v) is 35.7. The fourth-order valence-corrected chi connectivity index (χ4v) is 8.31. The first-order valence-electron chi connectivity index (χ1n) is 21.0. The summed E-state index contributed by atoms with van der Waals surface area (Å²) in [6.07, 6.45) is 12.7. The van der Waals surface area contributed by atoms with Gasteiger partial charge in [0.1, 0.15) is 30.2 Å². The van der Waals surface area contributed by atoms with Crippen LogP contribution in [0.3, 0.4) is 0 Å². The third kappa shape index (κ3) is 13.2. The second-order valence-corrected chi connectivity index (χ2v) is 17.1. The van der Waals surface area contributed by atoms with Crippen LogP contribution in [-0.2, 0) is 43.0 Å². The van der Waals surface area contributed by atoms with Gasteiger partial charge in [-0.2, -0.15) is 0 Å². The summed E-state index contributed by atoms with van der Waals surface area (Å²) in [7, 11) is 2.45. The van der Waals surface area contributed by atoms with E-state index >= 15 is 0 Å². The summed E-state index contributed by atoms with van der Waals surface area (Å²) in [5.74, 6) is -7.23. The summed E-state index contributed by atoms with van der Waals surface area (Å²) in [4.78, 5) is 125. The van der Waals surface area contributed by atoms with Crippen molar-refractivity contribution in [2.45, 2.75) is 134 Å². The normalized spacial score (nSPS) is 19.5. The fraction of sp³-hybridized carbons (Fsp3) is 0.628. The molecular formula is C43H60N6O12. The summed E-state index contributed by atoms with van der Waals surface area (Å²) >= 11 is 0. The number of amides is 5. The van der Waals surface area contributed by atoms with Gasteiger partial charge in [-0.25, -0.2) is 14.4 Å². The van der Waals surface area contributed by atoms with Crippen LogP contribution in [0.4, 0.5) is 0 Å². The van der Waals surface area contributed by atoms with Gasteiger partial charge in [-0.3, -0.25) is 33.8 Å². The summed E-state index contributed by atoms with van der Waals surface area (Å²) in [5, 5.41) is 20.6. The number of Topliss-reactive ketones (excluding diaryl/α,β-unsaturated/α-hetero) is 1. The molecule has 18 heteroatoms. The Labute approximate surface area is 355 Å². The SMILES string of the molecule is COC(=O)/C=C/CC[C@H](NC(=O)c1cnccc1C(=O)O)C(=O)N[C@H](C(=O)N1CC(=O)C[C@H]1C(=O)N[C@H](C(=O)N[C@H](C(=O)OC)C1CCCCC1)C1CCCCC1)C(C)(C)C. The minimum Gasteiger partial charge on any atom is -0.478 e. The summed E-state index contributed by atoms with van der Waals surface area (Å²) < 4.78 is 9.68. The highest BCUT2D eigenvalue weighted by atomic mass is 16.5. The molecule has 18 nitrogen and oxygen atoms in total. The van der Waals surface area contributed by atoms with Crippen LogP contribution in [-0.4, -0.2) is 119 Å². The minimum atomic E-state index is -1.40. The molecule has 1 aromatic heterocycles. The number of carbonyl (C=O) groups is 9. The monoisotopic (exact) mass is 852 g/mol. The van der Waals surface area contributed by atoms with Crippen molar-refractivity contribution < 1.29 is 57.7 Å². The lowest BCUT2D eigenvalue weighted by Gasteiger charge is -2.37. The third-order valence-corrected chi connectivity index (χ3v) is 11.7. The number of nitrogens with one attached hydrogen (secondary N) is 4. The van der Waals surface area contributed by atoms with E-state index in [1.807, 2.05) is 0 Å². The molecule has 3 aliphatic rings. The number of aromatic carboxylic acids is 1. The third-order valence-electron chi connectivity index (χ3n) is 11.7. The summed E-state index contributed by atoms with van der Waals surface area (Å²) in [6, 6.07) is -4.88. The van der Waals surface area contributed by atoms with Crippen LogP contribution in [0.5, 0.6) is 0 Å². The first kappa shape index (κ1) is 48.0. The maximum atomic E-state index is 14.5. The number of carboxylic acid groups (broad SMARTS) is 1. The van der Waals surface area contributed by atoms with Crippen molar-refractivity contribution in [2.24, 2.45) is 17.3 Å². The predicted octanol–water partition coefficient (Wildman–Crippen LogP) is 2.39. The standard InChI is InChI=1S/C43H60N6O12/c1-43(2,3)35(48-37(53)30(18-12-13-19-32(51)60-4)45-36(52)29-23-44-21-20-28(29)41(57)58)40(56)49-24-27(50)22-31(49)38(54)46-33(25-14-8-6-9-15-25)39(55)47-34(42(59)61-5)26-16-10-7-11-17-26/h13,19-21,23,25-26,30-31,33-35H,6-12,14-18,22,24H2,1-5H3,(H,45,52)(H,46,54)(H,47,55)(H,48,53)(H,57,58)/b19-13+/t30-,31-,33-,34-,35+/m0/s1. The molecule has 4 rings (SSSR count). The molecule has 2 saturated carbocycles. The number of rotatable bonds is 17. The lowest BCUT2D eigenvalue weighted by Crippen LogP contribution is -2.62. The number of esters is 2. The molecule has 2 aliphatic carbocycles. The fourth-order valence-electron chi connectivity index (χ4n) is 8.31. The van der Waals surface area contributed by atoms with Crippen molar-refractivity contribution in [3.63, 3.8) is 0 Å². The van der Waals surface area contributed by atoms with E-state index in [-0.39, 0.29) is 42.2 Å². The number of likely N-dealkylation sites (tertiary alicyclic amines) is 1. The van der Waals surface area contributed by atoms with Crippen LogP contribution in [0.2, 0.25) is 0 Å². The molecule has 0 radical (unpaired) electrons. The molecule has 5 atom stereocenters. The maximum Gasteiger partial charge on any atom is 0.336 e. The Kier molecular flexibility index (Phi) is 17.5. The molecule has 2 heterocycles. The van der Waals surface area contributed by atoms with E-state index in [1.165, 1.54) is 26.5 Å². The first-order chi connectivity index (χ1) is 29.0. The van der Waals surface area contributed by atoms with Gasteiger partial charge in [0.25, 0.3) is 5.91 Å². The molecule has 1 saturated heterocycles. The molecule has 5 N–H and O–H groups in total. The second kappa shape index (κ2) is 22.2. The van der Waals surface area contributed by atoms with Crippen LogP contribution in [0.25, 0.3) is 0 Å². The number of pyridine rings is 1. The Bertz CT molecular complexity index is 1830. The molecule has 5 amide bonds. The van der Waals surface area contributed by atoms with Crippen molar-refractivity contribution in [1.82, 2.24) is 31.2 Å². The van der Waals surface area contributed by atoms with E-state index in [9.17, 15) is 48.3 Å². The number of ether oxygens (including phenoxy) is 2. The summed E-state index contributed by atoms with van der Waals surface area (Å²) in [5.41, 5.74) is -1.70. The van der Waals surface area contributed by atoms with Crippen LogP contribution in [0, 0.1) is 17.3 Å². The quantitative estimate of drug-likeness (QED) is 0.112. The van der Waals surface area contributed by atoms with E-state index in [0.717, 1.165) is 74.6 Å². The molecule has 1 aromatic rings. The highest BCUT2D eigenvalue weighted by Crippen LogP contribution is 2.31. The molecule has 1 aliphatic heterocycles. The van der Waals surface area contributed by atoms with E-state index in [2.05, 4.69) is 31.0 Å². The highest BCUT2D eigenvalue weighted by molar-refractivity contribution is 6.06. The number of nitrogens with zero attached hydrogens (tertiary/aromatic N) is 2. The Morgan fingerprint density at radius 3 is 2.03 bits per heavy atom. The topological polar surface area (TPSA) is 257 Å². The smallest absolute Gasteiger partial charge is 0.336 e. The van der Waals surface area contributed by atoms with Gasteiger partial charge in [-0.1, -0.05) is 65.4 Å². The molecule has 61 heavy (non-hydrogen) atoms. The average molecular weight is 853 g/mol. The Morgan fingerprint density at radius 2 is 1.46 bits per heavy atom. The highest BCUT2D eigenvalue weighted by Gasteiger charge is 2.46. The lowest BCUT2D eigenvalue weighted by atomic mass is 9.81. The summed E-state index contributed by atoms with van der Waals surface area (Å²) in [6.45, 7) is 4.55. The number of aromatic nitrogens is 1. The van der Waals surface area contributed by atoms with Crippen molar-refractivity contribution in [1.29, 1.82) is 0 Å². The zero-order valence-electron chi connectivity index (χ0n) is 35.7. The van der Waals surface area contributed by atoms with E-state index < -0.39 is 95.4 Å². The number of carboxylic acids is 1. The molecule has 0 spiro atoms. The van der Waals surface area contributed by atoms with Gasteiger partial charge in [0.15, 0.2) is 5.78 Å². The van der Waals surface area contributed by atoms with Gasteiger partial charge in [-0.05, 0) is 61.8 Å². The number of hydrogen-bond donors (Lipinski definition) is 5. The van der Waals surface area contributed by atoms with Gasteiger partial charge >= 0.3 is 17.9 Å². The molecule has 3 fully saturated rings. The molecule has 0 bridgehead atoms. The van der Waals surface area contributed by atoms with Crippen molar-refractivity contribution >= 4 is 53.2 Å². The number of carbonyl (C=O) groups excluding carboxylic acids is 8. The van der Waals surface area contributed by atoms with Gasteiger partial charge in [0.05, 0.1) is 31.9 Å². The van der Waals surface area contributed by atoms with Crippen molar-refractivity contribution in [2.75, 3.05) is 20.8 Å². The second-order valence-electron chi connectivity index (χ2n) is 17.1. The number of methoxy groups -OCH3 is 2. The molecule has 0 aromatic carbocycles. The Morgan fingerprint density at radius 1 is 0.836 bits per heavy atom. The van der Waals surface area contributed by atoms with Gasteiger partial charge in [-0.15, -0.1) is 0 Å². The largest absolute Gasteiger partial charge is 0.478 e. The Balaban J connectivity index is 1.58. The number of hydrogen-bond acceptors (Lipinski definition) is 12. The maximum absolute atomic E-state index is 14.5. The average Bonchev–Trinajstić information content (AvgIpc) is 3.65. The van der Waals surface area contributed by atoms with Crippen LogP contribution in [0.1, 0.15) is 125 Å². The van der Waals surface area contributed by atoms with Gasteiger partial charge < -0.3 is 40.7 Å². The van der Waals surface area contributed by atoms with Crippen molar-refractivity contribution in [3.8, 4) is 0 Å². The van der Waals surface area contributed by atoms with E-state index in [1.54, 1.807) is 20.8 Å². The van der Waals surface area contributed by atoms with Crippen LogP contribution < -0.4 is 21.3 Å². The Hall–Kier alpha value is -5.68. The van der Waals surface area contributed by atoms with Crippen molar-refractivity contribution in [3.05, 3.63) is 41.7 Å². The molecular weight excluding hydrogens is 793 g/mol. The first-order valence-corrected chi connectivity index (χ1v) is 21.0. The molecule has 334 valence electrons. The van der Waals surface area contributed by atoms with Crippen LogP contribution >= 0.6 is 0 Å². The van der Waals surface area contributed by atoms with E-state index in [0.29, 0.717) is 12.8 Å². The van der Waals surface area contributed by atoms with Gasteiger partial charge in [0, 0.05) is 24.9 Å². The lowest BCUT2D eigenvalue weighted by molar-refractivity contribution is -0.148. The number of ketones is 1. The minimum absolute atomic E-state index is 0.0695. The van der Waals surface area contributed by atoms with E-state index in [4.69, 9.17) is 4.74 Å². The van der Waals surface area contributed by atoms with Gasteiger partial charge in [0.2, 0.25) is 23.6 Å². The zero-order chi connectivity index (χ0) is 44.9. The predicted molar refractivity (Wildman–Crippen MR) is 218 cm³/mol.